The summed E-state index contributed by atoms with van der Waals surface area (Å²) < 4.78 is 5.56. The molecule has 0 radical (unpaired) electrons. The Kier molecular flexibility index (Phi) is 10.2. The van der Waals surface area contributed by atoms with Gasteiger partial charge in [0, 0.05) is 47.5 Å². The molecule has 1 aromatic heterocycles. The summed E-state index contributed by atoms with van der Waals surface area (Å²) in [5.74, 6) is 1.71. The van der Waals surface area contributed by atoms with Crippen LogP contribution in [0.2, 0.25) is 0 Å². The van der Waals surface area contributed by atoms with Crippen molar-refractivity contribution in [2.24, 2.45) is 10.4 Å². The van der Waals surface area contributed by atoms with Gasteiger partial charge in [-0.2, -0.15) is 0 Å². The van der Waals surface area contributed by atoms with Gasteiger partial charge in [0.1, 0.15) is 5.82 Å². The number of guanidine groups is 1. The molecule has 0 aliphatic carbocycles. The van der Waals surface area contributed by atoms with Gasteiger partial charge in [0.05, 0.1) is 6.10 Å². The maximum atomic E-state index is 5.56. The van der Waals surface area contributed by atoms with Gasteiger partial charge in [-0.3, -0.25) is 4.99 Å². The molecule has 1 rings (SSSR count). The molecule has 1 atom stereocenters. The zero-order chi connectivity index (χ0) is 17.5. The van der Waals surface area contributed by atoms with Crippen LogP contribution in [-0.4, -0.2) is 51.8 Å². The third-order valence-corrected chi connectivity index (χ3v) is 3.66. The molecule has 0 fully saturated rings. The molecule has 1 unspecified atom stereocenters. The minimum absolute atomic E-state index is 0. The number of halogens is 1. The van der Waals surface area contributed by atoms with Gasteiger partial charge >= 0.3 is 0 Å². The van der Waals surface area contributed by atoms with Gasteiger partial charge in [0.2, 0.25) is 0 Å². The Bertz CT molecular complexity index is 514. The topological polar surface area (TPSA) is 61.8 Å². The third kappa shape index (κ3) is 7.65. The van der Waals surface area contributed by atoms with Crippen molar-refractivity contribution in [3.05, 3.63) is 23.9 Å². The van der Waals surface area contributed by atoms with Crippen molar-refractivity contribution < 1.29 is 4.74 Å². The molecule has 7 heteroatoms. The number of anilines is 1. The highest BCUT2D eigenvalue weighted by Crippen LogP contribution is 2.20. The summed E-state index contributed by atoms with van der Waals surface area (Å²) in [4.78, 5) is 10.6. The van der Waals surface area contributed by atoms with Crippen LogP contribution in [0.3, 0.4) is 0 Å². The minimum Gasteiger partial charge on any atom is -0.379 e. The standard InChI is InChI=1S/C17H31N5O.HI/c1-17(2,3)14(23-7)12-21-16(18-4)20-11-13-8-9-19-15(10-13)22(5)6;/h8-10,14H,11-12H2,1-7H3,(H2,18,20,21);1H. The number of pyridine rings is 1. The predicted octanol–water partition coefficient (Wildman–Crippen LogP) is 2.49. The lowest BCUT2D eigenvalue weighted by Gasteiger charge is -2.30. The van der Waals surface area contributed by atoms with Crippen molar-refractivity contribution in [1.29, 1.82) is 0 Å². The van der Waals surface area contributed by atoms with E-state index in [1.54, 1.807) is 14.2 Å². The number of aromatic nitrogens is 1. The summed E-state index contributed by atoms with van der Waals surface area (Å²) >= 11 is 0. The second-order valence-corrected chi connectivity index (χ2v) is 6.81. The number of aliphatic imine (C=N–C) groups is 1. The Morgan fingerprint density at radius 3 is 2.50 bits per heavy atom. The highest BCUT2D eigenvalue weighted by Gasteiger charge is 2.24. The van der Waals surface area contributed by atoms with Crippen LogP contribution in [0.1, 0.15) is 26.3 Å². The molecule has 0 aliphatic heterocycles. The van der Waals surface area contributed by atoms with E-state index in [9.17, 15) is 0 Å². The molecule has 1 aromatic rings. The molecule has 0 amide bonds. The smallest absolute Gasteiger partial charge is 0.191 e. The van der Waals surface area contributed by atoms with Crippen molar-refractivity contribution in [2.45, 2.75) is 33.4 Å². The SMILES string of the molecule is CN=C(NCc1ccnc(N(C)C)c1)NCC(OC)C(C)(C)C.I. The summed E-state index contributed by atoms with van der Waals surface area (Å²) in [7, 11) is 7.48. The molecular weight excluding hydrogens is 417 g/mol. The van der Waals surface area contributed by atoms with Crippen molar-refractivity contribution in [3.63, 3.8) is 0 Å². The Morgan fingerprint density at radius 1 is 1.33 bits per heavy atom. The first-order valence-electron chi connectivity index (χ1n) is 7.87. The summed E-state index contributed by atoms with van der Waals surface area (Å²) in [6.45, 7) is 7.89. The number of nitrogens with one attached hydrogen (secondary N) is 2. The monoisotopic (exact) mass is 449 g/mol. The first kappa shape index (κ1) is 22.9. The molecule has 2 N–H and O–H groups in total. The molecule has 6 nitrogen and oxygen atoms in total. The molecule has 0 aliphatic rings. The van der Waals surface area contributed by atoms with Crippen LogP contribution in [0.5, 0.6) is 0 Å². The Morgan fingerprint density at radius 2 is 2.00 bits per heavy atom. The van der Waals surface area contributed by atoms with E-state index in [0.29, 0.717) is 13.1 Å². The predicted molar refractivity (Wildman–Crippen MR) is 112 cm³/mol. The lowest BCUT2D eigenvalue weighted by Crippen LogP contribution is -2.45. The summed E-state index contributed by atoms with van der Waals surface area (Å²) in [6.07, 6.45) is 1.94. The molecule has 0 aromatic carbocycles. The highest BCUT2D eigenvalue weighted by molar-refractivity contribution is 14.0. The van der Waals surface area contributed by atoms with E-state index >= 15 is 0 Å². The third-order valence-electron chi connectivity index (χ3n) is 3.66. The fourth-order valence-electron chi connectivity index (χ4n) is 2.15. The van der Waals surface area contributed by atoms with E-state index in [-0.39, 0.29) is 35.5 Å². The van der Waals surface area contributed by atoms with Crippen LogP contribution >= 0.6 is 24.0 Å². The van der Waals surface area contributed by atoms with E-state index < -0.39 is 0 Å². The lowest BCUT2D eigenvalue weighted by atomic mass is 9.89. The summed E-state index contributed by atoms with van der Waals surface area (Å²) in [6, 6.07) is 4.06. The van der Waals surface area contributed by atoms with Crippen molar-refractivity contribution >= 4 is 35.8 Å². The fraction of sp³-hybridized carbons (Fsp3) is 0.647. The average molecular weight is 449 g/mol. The second kappa shape index (κ2) is 10.7. The van der Waals surface area contributed by atoms with Crippen molar-refractivity contribution in [1.82, 2.24) is 15.6 Å². The van der Waals surface area contributed by atoms with Crippen LogP contribution in [0, 0.1) is 5.41 Å². The van der Waals surface area contributed by atoms with Crippen LogP contribution in [0.15, 0.2) is 23.3 Å². The number of ether oxygens (including phenoxy) is 1. The van der Waals surface area contributed by atoms with Gasteiger partial charge < -0.3 is 20.3 Å². The van der Waals surface area contributed by atoms with Gasteiger partial charge in [-0.25, -0.2) is 4.98 Å². The maximum Gasteiger partial charge on any atom is 0.191 e. The first-order valence-corrected chi connectivity index (χ1v) is 7.87. The first-order chi connectivity index (χ1) is 10.8. The molecule has 24 heavy (non-hydrogen) atoms. The van der Waals surface area contributed by atoms with Gasteiger partial charge in [-0.1, -0.05) is 20.8 Å². The maximum absolute atomic E-state index is 5.56. The number of nitrogens with zero attached hydrogens (tertiary/aromatic N) is 3. The fourth-order valence-corrected chi connectivity index (χ4v) is 2.15. The van der Waals surface area contributed by atoms with Crippen LogP contribution in [-0.2, 0) is 11.3 Å². The van der Waals surface area contributed by atoms with Crippen LogP contribution in [0.25, 0.3) is 0 Å². The van der Waals surface area contributed by atoms with E-state index in [4.69, 9.17) is 4.74 Å². The number of hydrogen-bond acceptors (Lipinski definition) is 4. The molecule has 0 saturated heterocycles. The van der Waals surface area contributed by atoms with Crippen molar-refractivity contribution in [3.8, 4) is 0 Å². The molecule has 0 saturated carbocycles. The second-order valence-electron chi connectivity index (χ2n) is 6.81. The van der Waals surface area contributed by atoms with Gasteiger partial charge in [0.25, 0.3) is 0 Å². The Labute approximate surface area is 163 Å². The molecule has 0 bridgehead atoms. The molecule has 138 valence electrons. The minimum atomic E-state index is 0. The number of hydrogen-bond donors (Lipinski definition) is 2. The van der Waals surface area contributed by atoms with E-state index in [1.165, 1.54) is 0 Å². The molecule has 1 heterocycles. The van der Waals surface area contributed by atoms with Gasteiger partial charge in [-0.05, 0) is 23.1 Å². The molecule has 0 spiro atoms. The van der Waals surface area contributed by atoms with Crippen molar-refractivity contribution in [2.75, 3.05) is 39.7 Å². The average Bonchev–Trinajstić information content (AvgIpc) is 2.49. The van der Waals surface area contributed by atoms with E-state index in [0.717, 1.165) is 17.3 Å². The zero-order valence-electron chi connectivity index (χ0n) is 15.9. The summed E-state index contributed by atoms with van der Waals surface area (Å²) in [5.41, 5.74) is 1.23. The number of rotatable bonds is 6. The normalized spacial score (nSPS) is 13.0. The zero-order valence-corrected chi connectivity index (χ0v) is 18.2. The van der Waals surface area contributed by atoms with E-state index in [1.807, 2.05) is 31.3 Å². The van der Waals surface area contributed by atoms with Crippen LogP contribution in [0.4, 0.5) is 5.82 Å². The quantitative estimate of drug-likeness (QED) is 0.397. The largest absolute Gasteiger partial charge is 0.379 e. The van der Waals surface area contributed by atoms with Gasteiger partial charge in [0.15, 0.2) is 5.96 Å². The van der Waals surface area contributed by atoms with E-state index in [2.05, 4.69) is 47.4 Å². The summed E-state index contributed by atoms with van der Waals surface area (Å²) in [5, 5.41) is 6.64. The van der Waals surface area contributed by atoms with Crippen LogP contribution < -0.4 is 15.5 Å². The highest BCUT2D eigenvalue weighted by atomic mass is 127. The van der Waals surface area contributed by atoms with Gasteiger partial charge in [-0.15, -0.1) is 24.0 Å². The Hall–Kier alpha value is -1.09. The molecular formula is C17H32IN5O. The lowest BCUT2D eigenvalue weighted by molar-refractivity contribution is 0.0205. The number of methoxy groups -OCH3 is 1. The Balaban J connectivity index is 0.00000529.